The third-order valence-electron chi connectivity index (χ3n) is 2.96. The maximum atomic E-state index is 11.9. The molecule has 0 saturated carbocycles. The monoisotopic (exact) mass is 381 g/mol. The molecule has 3 aliphatic heterocycles. The van der Waals surface area contributed by atoms with Gasteiger partial charge in [0.05, 0.1) is 15.4 Å². The van der Waals surface area contributed by atoms with E-state index in [4.69, 9.17) is 0 Å². The van der Waals surface area contributed by atoms with Crippen molar-refractivity contribution in [2.24, 2.45) is 0 Å². The molecular weight excluding hydrogens is 378 g/mol. The zero-order chi connectivity index (χ0) is 10.0. The van der Waals surface area contributed by atoms with Gasteiger partial charge in [0.25, 0.3) is 0 Å². The van der Waals surface area contributed by atoms with Crippen LogP contribution in [0.25, 0.3) is 0 Å². The number of nitrogens with zero attached hydrogens (tertiary/aromatic N) is 1. The molecule has 2 nitrogen and oxygen atoms in total. The Labute approximate surface area is 107 Å². The highest BCUT2D eigenvalue weighted by Crippen LogP contribution is 2.50. The Bertz CT molecular complexity index is 401. The zero-order valence-corrected chi connectivity index (χ0v) is 11.8. The number of rotatable bonds is 0. The minimum atomic E-state index is -0.0908. The van der Waals surface area contributed by atoms with Gasteiger partial charge in [-0.15, -0.1) is 0 Å². The van der Waals surface area contributed by atoms with Crippen LogP contribution in [0.3, 0.4) is 0 Å². The Balaban J connectivity index is 2.17. The van der Waals surface area contributed by atoms with Gasteiger partial charge in [-0.1, -0.05) is 31.9 Å². The highest BCUT2D eigenvalue weighted by molar-refractivity contribution is 9.12. The number of carbonyl (C=O) groups excluding carboxylic acids is 1. The van der Waals surface area contributed by atoms with Crippen molar-refractivity contribution < 1.29 is 4.79 Å². The summed E-state index contributed by atoms with van der Waals surface area (Å²) < 4.78 is 1.76. The predicted molar refractivity (Wildman–Crippen MR) is 64.7 cm³/mol. The van der Waals surface area contributed by atoms with Crippen LogP contribution in [0.1, 0.15) is 6.42 Å². The van der Waals surface area contributed by atoms with Crippen LogP contribution in [0, 0.1) is 0 Å². The second-order valence-corrected chi connectivity index (χ2v) is 6.51. The first-order valence-electron chi connectivity index (χ1n) is 4.34. The first-order valence-corrected chi connectivity index (χ1v) is 6.85. The van der Waals surface area contributed by atoms with Crippen molar-refractivity contribution in [3.8, 4) is 0 Å². The first kappa shape index (κ1) is 9.60. The van der Waals surface area contributed by atoms with E-state index in [1.165, 1.54) is 0 Å². The normalized spacial score (nSPS) is 39.6. The summed E-state index contributed by atoms with van der Waals surface area (Å²) >= 11 is 10.5. The molecular formula is C9H6Br3NO. The SMILES string of the molecule is O=C1C(Br)=C2[C@@H](Br)C[C@@H]3C=C(Br)[C@H]1N23. The lowest BCUT2D eigenvalue weighted by Crippen LogP contribution is -2.32. The van der Waals surface area contributed by atoms with Crippen LogP contribution in [0.15, 0.2) is 20.7 Å². The van der Waals surface area contributed by atoms with Crippen LogP contribution >= 0.6 is 47.8 Å². The van der Waals surface area contributed by atoms with Crippen molar-refractivity contribution in [2.45, 2.75) is 23.3 Å². The van der Waals surface area contributed by atoms with E-state index < -0.39 is 0 Å². The second kappa shape index (κ2) is 2.95. The summed E-state index contributed by atoms with van der Waals surface area (Å²) in [7, 11) is 0. The van der Waals surface area contributed by atoms with Gasteiger partial charge >= 0.3 is 0 Å². The van der Waals surface area contributed by atoms with Gasteiger partial charge in [-0.3, -0.25) is 4.79 Å². The fourth-order valence-corrected chi connectivity index (χ4v) is 5.00. The lowest BCUT2D eigenvalue weighted by Gasteiger charge is -2.20. The third kappa shape index (κ3) is 0.985. The Hall–Kier alpha value is 0.390. The van der Waals surface area contributed by atoms with Crippen LogP contribution in [-0.2, 0) is 4.79 Å². The Kier molecular flexibility index (Phi) is 2.02. The van der Waals surface area contributed by atoms with Gasteiger partial charge in [0.1, 0.15) is 6.04 Å². The molecule has 14 heavy (non-hydrogen) atoms. The van der Waals surface area contributed by atoms with Crippen molar-refractivity contribution in [1.82, 2.24) is 4.90 Å². The molecule has 3 aliphatic rings. The number of allylic oxidation sites excluding steroid dienone is 1. The molecule has 1 saturated heterocycles. The van der Waals surface area contributed by atoms with Crippen molar-refractivity contribution in [1.29, 1.82) is 0 Å². The molecule has 74 valence electrons. The van der Waals surface area contributed by atoms with E-state index in [2.05, 4.69) is 58.8 Å². The molecule has 3 atom stereocenters. The van der Waals surface area contributed by atoms with E-state index in [1.54, 1.807) is 0 Å². The second-order valence-electron chi connectivity index (χ2n) is 3.70. The Morgan fingerprint density at radius 3 is 2.86 bits per heavy atom. The molecule has 3 heterocycles. The van der Waals surface area contributed by atoms with E-state index in [0.717, 1.165) is 21.1 Å². The average molecular weight is 384 g/mol. The smallest absolute Gasteiger partial charge is 0.199 e. The fourth-order valence-electron chi connectivity index (χ4n) is 2.41. The highest BCUT2D eigenvalue weighted by Gasteiger charge is 2.52. The lowest BCUT2D eigenvalue weighted by atomic mass is 10.2. The quantitative estimate of drug-likeness (QED) is 0.599. The van der Waals surface area contributed by atoms with Crippen molar-refractivity contribution in [2.75, 3.05) is 0 Å². The van der Waals surface area contributed by atoms with Gasteiger partial charge in [-0.25, -0.2) is 0 Å². The van der Waals surface area contributed by atoms with Gasteiger partial charge in [0, 0.05) is 10.2 Å². The summed E-state index contributed by atoms with van der Waals surface area (Å²) in [5, 5.41) is 0. The highest BCUT2D eigenvalue weighted by atomic mass is 79.9. The maximum Gasteiger partial charge on any atom is 0.199 e. The first-order chi connectivity index (χ1) is 6.61. The number of carbonyl (C=O) groups is 1. The molecule has 0 radical (unpaired) electrons. The van der Waals surface area contributed by atoms with Crippen LogP contribution in [0.5, 0.6) is 0 Å². The summed E-state index contributed by atoms with van der Waals surface area (Å²) in [5.74, 6) is 0.176. The topological polar surface area (TPSA) is 20.3 Å². The Morgan fingerprint density at radius 2 is 2.14 bits per heavy atom. The van der Waals surface area contributed by atoms with E-state index in [1.807, 2.05) is 0 Å². The summed E-state index contributed by atoms with van der Waals surface area (Å²) in [6, 6.07) is 0.291. The predicted octanol–water partition coefficient (Wildman–Crippen LogP) is 2.67. The molecule has 1 fully saturated rings. The molecule has 0 aromatic carbocycles. The fraction of sp³-hybridized carbons (Fsp3) is 0.444. The number of hydrogen-bond donors (Lipinski definition) is 0. The summed E-state index contributed by atoms with van der Waals surface area (Å²) in [4.78, 5) is 14.4. The third-order valence-corrected chi connectivity index (χ3v) is 5.26. The number of hydrogen-bond acceptors (Lipinski definition) is 2. The number of halogens is 3. The lowest BCUT2D eigenvalue weighted by molar-refractivity contribution is -0.116. The van der Waals surface area contributed by atoms with Gasteiger partial charge < -0.3 is 4.90 Å². The van der Waals surface area contributed by atoms with Crippen molar-refractivity contribution in [3.63, 3.8) is 0 Å². The van der Waals surface area contributed by atoms with Crippen LogP contribution in [-0.4, -0.2) is 27.6 Å². The van der Waals surface area contributed by atoms with Gasteiger partial charge in [0.2, 0.25) is 0 Å². The van der Waals surface area contributed by atoms with Crippen LogP contribution in [0.4, 0.5) is 0 Å². The van der Waals surface area contributed by atoms with Crippen LogP contribution < -0.4 is 0 Å². The van der Waals surface area contributed by atoms with E-state index in [-0.39, 0.29) is 11.8 Å². The zero-order valence-electron chi connectivity index (χ0n) is 7.01. The largest absolute Gasteiger partial charge is 0.351 e. The summed E-state index contributed by atoms with van der Waals surface area (Å²) in [6.45, 7) is 0. The van der Waals surface area contributed by atoms with E-state index in [9.17, 15) is 4.79 Å². The molecule has 3 rings (SSSR count). The molecule has 5 heteroatoms. The average Bonchev–Trinajstić information content (AvgIpc) is 2.64. The molecule has 0 aromatic rings. The summed E-state index contributed by atoms with van der Waals surface area (Å²) in [6.07, 6.45) is 3.19. The van der Waals surface area contributed by atoms with E-state index in [0.29, 0.717) is 10.9 Å². The number of alkyl halides is 1. The molecule has 0 spiro atoms. The standard InChI is InChI=1S/C9H6Br3NO/c10-4-1-3-2-5(11)8-9(14)6(12)7(4)13(3)8/h2-4,8H,1H2/t3-,4+,8-/m1/s1. The van der Waals surface area contributed by atoms with Gasteiger partial charge in [-0.2, -0.15) is 0 Å². The maximum absolute atomic E-state index is 11.9. The minimum Gasteiger partial charge on any atom is -0.351 e. The molecule has 0 bridgehead atoms. The molecule has 0 amide bonds. The molecule has 0 N–H and O–H groups in total. The minimum absolute atomic E-state index is 0.0908. The Morgan fingerprint density at radius 1 is 1.43 bits per heavy atom. The van der Waals surface area contributed by atoms with Gasteiger partial charge in [-0.05, 0) is 28.4 Å². The molecule has 0 unspecified atom stereocenters. The molecule has 0 aliphatic carbocycles. The van der Waals surface area contributed by atoms with Gasteiger partial charge in [0.15, 0.2) is 5.78 Å². The summed E-state index contributed by atoms with van der Waals surface area (Å²) in [5.41, 5.74) is 1.12. The van der Waals surface area contributed by atoms with Crippen molar-refractivity contribution >= 4 is 53.6 Å². The van der Waals surface area contributed by atoms with Crippen LogP contribution in [0.2, 0.25) is 0 Å². The number of ketones is 1. The molecule has 0 aromatic heterocycles. The van der Waals surface area contributed by atoms with E-state index >= 15 is 0 Å². The number of Topliss-reactive ketones (excluding diaryl/α,β-unsaturated/α-hetero) is 1. The van der Waals surface area contributed by atoms with Crippen molar-refractivity contribution in [3.05, 3.63) is 20.7 Å².